The van der Waals surface area contributed by atoms with Crippen molar-refractivity contribution in [3.8, 4) is 5.69 Å². The Morgan fingerprint density at radius 3 is 2.67 bits per heavy atom. The van der Waals surface area contributed by atoms with E-state index in [9.17, 15) is 4.79 Å². The molecule has 0 spiro atoms. The van der Waals surface area contributed by atoms with Crippen molar-refractivity contribution in [2.45, 2.75) is 0 Å². The number of carbonyl (C=O) groups is 1. The lowest BCUT2D eigenvalue weighted by Gasteiger charge is -2.04. The van der Waals surface area contributed by atoms with E-state index in [1.807, 2.05) is 42.5 Å². The molecule has 18 heavy (non-hydrogen) atoms. The highest BCUT2D eigenvalue weighted by atomic mass is 16.4. The van der Waals surface area contributed by atoms with E-state index < -0.39 is 5.97 Å². The van der Waals surface area contributed by atoms with Gasteiger partial charge in [-0.15, -0.1) is 5.10 Å². The molecule has 3 rings (SSSR count). The third kappa shape index (κ3) is 1.62. The Morgan fingerprint density at radius 1 is 1.11 bits per heavy atom. The van der Waals surface area contributed by atoms with Crippen molar-refractivity contribution in [1.82, 2.24) is 15.0 Å². The highest BCUT2D eigenvalue weighted by Crippen LogP contribution is 2.18. The average Bonchev–Trinajstić information content (AvgIpc) is 2.87. The molecule has 3 aromatic rings. The molecule has 0 radical (unpaired) electrons. The van der Waals surface area contributed by atoms with Crippen LogP contribution in [0.4, 0.5) is 0 Å². The van der Waals surface area contributed by atoms with Crippen molar-refractivity contribution in [3.63, 3.8) is 0 Å². The molecule has 0 aliphatic rings. The van der Waals surface area contributed by atoms with Crippen LogP contribution >= 0.6 is 0 Å². The van der Waals surface area contributed by atoms with Gasteiger partial charge in [0.1, 0.15) is 0 Å². The summed E-state index contributed by atoms with van der Waals surface area (Å²) in [6, 6.07) is 13.5. The van der Waals surface area contributed by atoms with Crippen molar-refractivity contribution < 1.29 is 9.90 Å². The van der Waals surface area contributed by atoms with Gasteiger partial charge in [-0.1, -0.05) is 35.5 Å². The lowest BCUT2D eigenvalue weighted by atomic mass is 10.1. The Kier molecular flexibility index (Phi) is 2.30. The van der Waals surface area contributed by atoms with Crippen LogP contribution in [0.3, 0.4) is 0 Å². The molecule has 88 valence electrons. The minimum Gasteiger partial charge on any atom is -0.476 e. The molecule has 1 heterocycles. The maximum atomic E-state index is 11.0. The summed E-state index contributed by atoms with van der Waals surface area (Å²) >= 11 is 0. The average molecular weight is 239 g/mol. The second-order valence-corrected chi connectivity index (χ2v) is 3.87. The van der Waals surface area contributed by atoms with Gasteiger partial charge in [0.05, 0.1) is 11.9 Å². The van der Waals surface area contributed by atoms with Gasteiger partial charge >= 0.3 is 5.97 Å². The zero-order valence-corrected chi connectivity index (χ0v) is 9.32. The van der Waals surface area contributed by atoms with Crippen LogP contribution in [0.1, 0.15) is 10.5 Å². The summed E-state index contributed by atoms with van der Waals surface area (Å²) in [4.78, 5) is 11.0. The maximum Gasteiger partial charge on any atom is 0.356 e. The van der Waals surface area contributed by atoms with E-state index in [0.29, 0.717) is 5.69 Å². The first-order chi connectivity index (χ1) is 8.75. The van der Waals surface area contributed by atoms with E-state index in [0.717, 1.165) is 10.8 Å². The fourth-order valence-corrected chi connectivity index (χ4v) is 1.88. The number of nitrogens with zero attached hydrogens (tertiary/aromatic N) is 3. The number of fused-ring (bicyclic) bond motifs is 1. The van der Waals surface area contributed by atoms with E-state index in [-0.39, 0.29) is 5.69 Å². The van der Waals surface area contributed by atoms with Crippen LogP contribution < -0.4 is 0 Å². The van der Waals surface area contributed by atoms with Crippen molar-refractivity contribution in [3.05, 3.63) is 54.4 Å². The molecular formula is C13H9N3O2. The predicted molar refractivity (Wildman–Crippen MR) is 65.8 cm³/mol. The van der Waals surface area contributed by atoms with Crippen molar-refractivity contribution in [2.75, 3.05) is 0 Å². The Bertz CT molecular complexity index is 734. The molecule has 5 nitrogen and oxygen atoms in total. The first kappa shape index (κ1) is 10.5. The summed E-state index contributed by atoms with van der Waals surface area (Å²) in [7, 11) is 0. The zero-order valence-electron chi connectivity index (χ0n) is 9.32. The zero-order chi connectivity index (χ0) is 12.5. The lowest BCUT2D eigenvalue weighted by Crippen LogP contribution is -2.07. The number of aromatic carboxylic acids is 1. The van der Waals surface area contributed by atoms with Gasteiger partial charge in [-0.3, -0.25) is 0 Å². The van der Waals surface area contributed by atoms with Gasteiger partial charge in [-0.05, 0) is 22.9 Å². The minimum atomic E-state index is -1.05. The van der Waals surface area contributed by atoms with E-state index >= 15 is 0 Å². The summed E-state index contributed by atoms with van der Waals surface area (Å²) in [5, 5.41) is 18.6. The van der Waals surface area contributed by atoms with Crippen molar-refractivity contribution >= 4 is 16.7 Å². The van der Waals surface area contributed by atoms with Gasteiger partial charge in [0.15, 0.2) is 5.69 Å². The first-order valence-electron chi connectivity index (χ1n) is 5.39. The molecule has 2 aromatic carbocycles. The van der Waals surface area contributed by atoms with Gasteiger partial charge in [0.25, 0.3) is 0 Å². The molecule has 0 saturated heterocycles. The Balaban J connectivity index is 2.19. The van der Waals surface area contributed by atoms with Crippen LogP contribution in [-0.4, -0.2) is 26.1 Å². The standard InChI is InChI=1S/C13H9N3O2/c17-13(18)12-8-14-15-16(12)11-6-5-9-3-1-2-4-10(9)7-11/h1-8H,(H,17,18). The number of aromatic nitrogens is 3. The fraction of sp³-hybridized carbons (Fsp3) is 0. The Labute approximate surface area is 102 Å². The molecule has 0 aliphatic heterocycles. The van der Waals surface area contributed by atoms with Crippen LogP contribution in [0.5, 0.6) is 0 Å². The minimum absolute atomic E-state index is 0.0466. The van der Waals surface area contributed by atoms with Gasteiger partial charge in [0.2, 0.25) is 0 Å². The van der Waals surface area contributed by atoms with Crippen molar-refractivity contribution in [1.29, 1.82) is 0 Å². The van der Waals surface area contributed by atoms with Gasteiger partial charge in [-0.2, -0.15) is 0 Å². The molecule has 5 heteroatoms. The first-order valence-corrected chi connectivity index (χ1v) is 5.39. The summed E-state index contributed by atoms with van der Waals surface area (Å²) in [5.74, 6) is -1.05. The maximum absolute atomic E-state index is 11.0. The van der Waals surface area contributed by atoms with Crippen LogP contribution in [0.25, 0.3) is 16.5 Å². The molecule has 0 atom stereocenters. The largest absolute Gasteiger partial charge is 0.476 e. The quantitative estimate of drug-likeness (QED) is 0.743. The summed E-state index contributed by atoms with van der Waals surface area (Å²) < 4.78 is 1.31. The molecule has 0 saturated carbocycles. The number of rotatable bonds is 2. The molecule has 0 fully saturated rings. The van der Waals surface area contributed by atoms with Gasteiger partial charge in [0, 0.05) is 0 Å². The van der Waals surface area contributed by atoms with E-state index in [4.69, 9.17) is 5.11 Å². The number of hydrogen-bond donors (Lipinski definition) is 1. The number of hydrogen-bond acceptors (Lipinski definition) is 3. The van der Waals surface area contributed by atoms with E-state index in [2.05, 4.69) is 10.3 Å². The SMILES string of the molecule is O=C(O)c1cnnn1-c1ccc2ccccc2c1. The lowest BCUT2D eigenvalue weighted by molar-refractivity contribution is 0.0687. The third-order valence-corrected chi connectivity index (χ3v) is 2.75. The molecule has 1 aromatic heterocycles. The fourth-order valence-electron chi connectivity index (χ4n) is 1.88. The van der Waals surface area contributed by atoms with Crippen LogP contribution in [0.15, 0.2) is 48.7 Å². The summed E-state index contributed by atoms with van der Waals surface area (Å²) in [5.41, 5.74) is 0.730. The summed E-state index contributed by atoms with van der Waals surface area (Å²) in [6.07, 6.45) is 1.23. The Hall–Kier alpha value is -2.69. The second kappa shape index (κ2) is 3.96. The number of carboxylic acid groups (broad SMARTS) is 1. The highest BCUT2D eigenvalue weighted by Gasteiger charge is 2.12. The van der Waals surface area contributed by atoms with Crippen LogP contribution in [0.2, 0.25) is 0 Å². The molecule has 0 bridgehead atoms. The highest BCUT2D eigenvalue weighted by molar-refractivity contribution is 5.87. The smallest absolute Gasteiger partial charge is 0.356 e. The Morgan fingerprint density at radius 2 is 1.89 bits per heavy atom. The predicted octanol–water partition coefficient (Wildman–Crippen LogP) is 2.12. The second-order valence-electron chi connectivity index (χ2n) is 3.87. The van der Waals surface area contributed by atoms with Crippen molar-refractivity contribution in [2.24, 2.45) is 0 Å². The topological polar surface area (TPSA) is 68.0 Å². The van der Waals surface area contributed by atoms with Gasteiger partial charge < -0.3 is 5.11 Å². The number of carboxylic acids is 1. The monoisotopic (exact) mass is 239 g/mol. The molecule has 0 amide bonds. The van der Waals surface area contributed by atoms with Crippen LogP contribution in [0, 0.1) is 0 Å². The van der Waals surface area contributed by atoms with E-state index in [1.54, 1.807) is 0 Å². The molecule has 1 N–H and O–H groups in total. The number of benzene rings is 2. The summed E-state index contributed by atoms with van der Waals surface area (Å²) in [6.45, 7) is 0. The van der Waals surface area contributed by atoms with Gasteiger partial charge in [-0.25, -0.2) is 9.48 Å². The normalized spacial score (nSPS) is 10.7. The van der Waals surface area contributed by atoms with E-state index in [1.165, 1.54) is 10.9 Å². The molecule has 0 unspecified atom stereocenters. The van der Waals surface area contributed by atoms with Crippen LogP contribution in [-0.2, 0) is 0 Å². The molecule has 0 aliphatic carbocycles. The third-order valence-electron chi connectivity index (χ3n) is 2.75. The molecular weight excluding hydrogens is 230 g/mol.